The van der Waals surface area contributed by atoms with Crippen molar-refractivity contribution in [3.8, 4) is 6.07 Å². The molecule has 3 heteroatoms. The molecule has 0 aromatic heterocycles. The van der Waals surface area contributed by atoms with Gasteiger partial charge in [0.15, 0.2) is 0 Å². The zero-order valence-electron chi connectivity index (χ0n) is 7.78. The van der Waals surface area contributed by atoms with Gasteiger partial charge in [-0.1, -0.05) is 28.1 Å². The molecule has 1 N–H and O–H groups in total. The first kappa shape index (κ1) is 11.2. The zero-order valence-corrected chi connectivity index (χ0v) is 9.37. The number of rotatable bonds is 4. The Balaban J connectivity index is 2.70. The van der Waals surface area contributed by atoms with Crippen LogP contribution in [-0.2, 0) is 0 Å². The molecule has 74 valence electrons. The van der Waals surface area contributed by atoms with Crippen LogP contribution in [-0.4, -0.2) is 11.7 Å². The molecule has 1 aromatic rings. The van der Waals surface area contributed by atoms with Crippen molar-refractivity contribution < 1.29 is 5.11 Å². The number of aliphatic hydroxyl groups is 1. The molecule has 0 saturated carbocycles. The van der Waals surface area contributed by atoms with E-state index in [0.29, 0.717) is 12.8 Å². The fourth-order valence-corrected chi connectivity index (χ4v) is 1.56. The number of hydrogen-bond acceptors (Lipinski definition) is 2. The molecule has 0 spiro atoms. The molecule has 2 nitrogen and oxygen atoms in total. The molecule has 1 unspecified atom stereocenters. The molecule has 0 radical (unpaired) electrons. The summed E-state index contributed by atoms with van der Waals surface area (Å²) in [7, 11) is 0. The number of halogens is 1. The average molecular weight is 254 g/mol. The Morgan fingerprint density at radius 1 is 1.36 bits per heavy atom. The van der Waals surface area contributed by atoms with E-state index in [1.165, 1.54) is 0 Å². The van der Waals surface area contributed by atoms with E-state index in [-0.39, 0.29) is 12.5 Å². The third-order valence-electron chi connectivity index (χ3n) is 2.08. The molecule has 1 rings (SSSR count). The number of nitrogens with zero attached hydrogens (tertiary/aromatic N) is 1. The quantitative estimate of drug-likeness (QED) is 0.897. The van der Waals surface area contributed by atoms with E-state index in [1.54, 1.807) is 0 Å². The second-order valence-electron chi connectivity index (χ2n) is 3.10. The molecule has 0 aliphatic rings. The first-order valence-electron chi connectivity index (χ1n) is 4.54. The normalized spacial score (nSPS) is 12.1. The molecule has 0 saturated heterocycles. The Bertz CT molecular complexity index is 315. The topological polar surface area (TPSA) is 44.0 Å². The fraction of sp³-hybridized carbons (Fsp3) is 0.364. The summed E-state index contributed by atoms with van der Waals surface area (Å²) in [6.45, 7) is 0.148. The summed E-state index contributed by atoms with van der Waals surface area (Å²) in [5.41, 5.74) is 1.02. The minimum atomic E-state index is -0.102. The Morgan fingerprint density at radius 3 is 2.50 bits per heavy atom. The fourth-order valence-electron chi connectivity index (χ4n) is 1.30. The summed E-state index contributed by atoms with van der Waals surface area (Å²) in [5, 5.41) is 17.6. The van der Waals surface area contributed by atoms with Crippen LogP contribution in [0.25, 0.3) is 0 Å². The van der Waals surface area contributed by atoms with Crippen LogP contribution in [0.3, 0.4) is 0 Å². The van der Waals surface area contributed by atoms with Crippen molar-refractivity contribution in [2.45, 2.75) is 18.8 Å². The van der Waals surface area contributed by atoms with Crippen molar-refractivity contribution in [3.05, 3.63) is 34.3 Å². The van der Waals surface area contributed by atoms with Gasteiger partial charge in [0.1, 0.15) is 0 Å². The smallest absolute Gasteiger partial charge is 0.0713 e. The van der Waals surface area contributed by atoms with Gasteiger partial charge in [-0.15, -0.1) is 0 Å². The summed E-state index contributed by atoms with van der Waals surface area (Å²) in [6.07, 6.45) is 1.39. The Morgan fingerprint density at radius 2 is 2.00 bits per heavy atom. The third-order valence-corrected chi connectivity index (χ3v) is 2.61. The zero-order chi connectivity index (χ0) is 10.4. The summed E-state index contributed by atoms with van der Waals surface area (Å²) >= 11 is 3.35. The molecule has 0 aliphatic carbocycles. The van der Waals surface area contributed by atoms with E-state index >= 15 is 0 Å². The maximum atomic E-state index is 8.93. The lowest BCUT2D eigenvalue weighted by Gasteiger charge is -2.07. The first-order chi connectivity index (χ1) is 6.77. The van der Waals surface area contributed by atoms with Crippen molar-refractivity contribution >= 4 is 15.9 Å². The number of benzene rings is 1. The van der Waals surface area contributed by atoms with Crippen molar-refractivity contribution in [1.29, 1.82) is 5.26 Å². The monoisotopic (exact) mass is 253 g/mol. The highest BCUT2D eigenvalue weighted by molar-refractivity contribution is 9.10. The third kappa shape index (κ3) is 3.13. The molecular formula is C11H12BrNO. The van der Waals surface area contributed by atoms with Crippen molar-refractivity contribution in [1.82, 2.24) is 0 Å². The standard InChI is InChI=1S/C11H12BrNO/c12-11-5-3-9(4-6-11)10(8-13)2-1-7-14/h3-6,10,14H,1-2,7H2. The predicted molar refractivity (Wildman–Crippen MR) is 58.8 cm³/mol. The lowest BCUT2D eigenvalue weighted by Crippen LogP contribution is -1.97. The molecule has 0 aliphatic heterocycles. The lowest BCUT2D eigenvalue weighted by atomic mass is 9.96. The van der Waals surface area contributed by atoms with Gasteiger partial charge in [0, 0.05) is 11.1 Å². The Labute approximate surface area is 92.3 Å². The average Bonchev–Trinajstić information content (AvgIpc) is 2.21. The van der Waals surface area contributed by atoms with E-state index in [2.05, 4.69) is 22.0 Å². The number of hydrogen-bond donors (Lipinski definition) is 1. The van der Waals surface area contributed by atoms with Crippen LogP contribution in [0.15, 0.2) is 28.7 Å². The van der Waals surface area contributed by atoms with E-state index < -0.39 is 0 Å². The Hall–Kier alpha value is -0.850. The van der Waals surface area contributed by atoms with Gasteiger partial charge in [0.25, 0.3) is 0 Å². The largest absolute Gasteiger partial charge is 0.396 e. The molecule has 0 fully saturated rings. The predicted octanol–water partition coefficient (Wildman–Crippen LogP) is 2.83. The van der Waals surface area contributed by atoms with E-state index in [4.69, 9.17) is 10.4 Å². The van der Waals surface area contributed by atoms with Crippen molar-refractivity contribution in [2.24, 2.45) is 0 Å². The highest BCUT2D eigenvalue weighted by Crippen LogP contribution is 2.22. The van der Waals surface area contributed by atoms with Crippen molar-refractivity contribution in [3.63, 3.8) is 0 Å². The maximum absolute atomic E-state index is 8.93. The molecule has 14 heavy (non-hydrogen) atoms. The second kappa shape index (κ2) is 5.79. The number of nitriles is 1. The SMILES string of the molecule is N#CC(CCCO)c1ccc(Br)cc1. The summed E-state index contributed by atoms with van der Waals surface area (Å²) in [4.78, 5) is 0. The summed E-state index contributed by atoms with van der Waals surface area (Å²) in [6, 6.07) is 9.98. The highest BCUT2D eigenvalue weighted by Gasteiger charge is 2.09. The van der Waals surface area contributed by atoms with Gasteiger partial charge in [-0.2, -0.15) is 5.26 Å². The van der Waals surface area contributed by atoms with Gasteiger partial charge >= 0.3 is 0 Å². The van der Waals surface area contributed by atoms with E-state index in [9.17, 15) is 0 Å². The minimum Gasteiger partial charge on any atom is -0.396 e. The van der Waals surface area contributed by atoms with Crippen LogP contribution in [0.5, 0.6) is 0 Å². The molecule has 0 bridgehead atoms. The van der Waals surface area contributed by atoms with Crippen LogP contribution in [0.1, 0.15) is 24.3 Å². The lowest BCUT2D eigenvalue weighted by molar-refractivity contribution is 0.283. The van der Waals surface area contributed by atoms with Gasteiger partial charge in [-0.3, -0.25) is 0 Å². The van der Waals surface area contributed by atoms with E-state index in [0.717, 1.165) is 10.0 Å². The van der Waals surface area contributed by atoms with Gasteiger partial charge in [-0.05, 0) is 30.5 Å². The van der Waals surface area contributed by atoms with Crippen LogP contribution in [0, 0.1) is 11.3 Å². The van der Waals surface area contributed by atoms with Crippen LogP contribution >= 0.6 is 15.9 Å². The second-order valence-corrected chi connectivity index (χ2v) is 4.01. The number of aliphatic hydroxyl groups excluding tert-OH is 1. The molecule has 0 amide bonds. The maximum Gasteiger partial charge on any atom is 0.0713 e. The molecule has 1 atom stereocenters. The van der Waals surface area contributed by atoms with E-state index in [1.807, 2.05) is 24.3 Å². The molecular weight excluding hydrogens is 242 g/mol. The van der Waals surface area contributed by atoms with Gasteiger partial charge in [0.2, 0.25) is 0 Å². The minimum absolute atomic E-state index is 0.102. The van der Waals surface area contributed by atoms with Gasteiger partial charge in [-0.25, -0.2) is 0 Å². The van der Waals surface area contributed by atoms with Crippen LogP contribution < -0.4 is 0 Å². The Kier molecular flexibility index (Phi) is 4.64. The summed E-state index contributed by atoms with van der Waals surface area (Å²) < 4.78 is 1.01. The van der Waals surface area contributed by atoms with Crippen molar-refractivity contribution in [2.75, 3.05) is 6.61 Å². The first-order valence-corrected chi connectivity index (χ1v) is 5.33. The summed E-state index contributed by atoms with van der Waals surface area (Å²) in [5.74, 6) is -0.102. The van der Waals surface area contributed by atoms with Crippen LogP contribution in [0.4, 0.5) is 0 Å². The van der Waals surface area contributed by atoms with Gasteiger partial charge < -0.3 is 5.11 Å². The van der Waals surface area contributed by atoms with Crippen LogP contribution in [0.2, 0.25) is 0 Å². The molecule has 1 aromatic carbocycles. The molecule has 0 heterocycles. The highest BCUT2D eigenvalue weighted by atomic mass is 79.9. The van der Waals surface area contributed by atoms with Gasteiger partial charge in [0.05, 0.1) is 12.0 Å².